The molecule has 112 valence electrons. The first kappa shape index (κ1) is 16.2. The van der Waals surface area contributed by atoms with E-state index in [4.69, 9.17) is 0 Å². The van der Waals surface area contributed by atoms with Crippen molar-refractivity contribution in [3.63, 3.8) is 0 Å². The molecule has 1 unspecified atom stereocenters. The van der Waals surface area contributed by atoms with E-state index in [2.05, 4.69) is 44.5 Å². The second-order valence-electron chi connectivity index (χ2n) is 7.31. The quantitative estimate of drug-likeness (QED) is 0.841. The summed E-state index contributed by atoms with van der Waals surface area (Å²) >= 11 is 2.22. The molecule has 0 spiro atoms. The molecule has 1 aliphatic carbocycles. The zero-order valence-corrected chi connectivity index (χ0v) is 15.1. The molecule has 0 amide bonds. The number of nitrogens with zero attached hydrogens (tertiary/aromatic N) is 2. The van der Waals surface area contributed by atoms with Gasteiger partial charge in [0.1, 0.15) is 10.3 Å². The second-order valence-corrected chi connectivity index (χ2v) is 10.2. The van der Waals surface area contributed by atoms with Crippen molar-refractivity contribution >= 4 is 27.3 Å². The zero-order chi connectivity index (χ0) is 15.2. The Hall–Kier alpha value is -0.170. The van der Waals surface area contributed by atoms with Gasteiger partial charge in [0.05, 0.1) is 4.47 Å². The van der Waals surface area contributed by atoms with Crippen LogP contribution in [-0.4, -0.2) is 19.3 Å². The monoisotopic (exact) mass is 359 g/mol. The summed E-state index contributed by atoms with van der Waals surface area (Å²) in [6.07, 6.45) is 5.28. The number of hydrogen-bond donors (Lipinski definition) is 1. The van der Waals surface area contributed by atoms with E-state index in [0.29, 0.717) is 0 Å². The first-order valence-corrected chi connectivity index (χ1v) is 8.66. The van der Waals surface area contributed by atoms with E-state index in [-0.39, 0.29) is 15.7 Å². The van der Waals surface area contributed by atoms with Gasteiger partial charge < -0.3 is 4.55 Å². The Kier molecular flexibility index (Phi) is 4.24. The van der Waals surface area contributed by atoms with Crippen LogP contribution in [-0.2, 0) is 16.9 Å². The molecule has 1 aromatic rings. The summed E-state index contributed by atoms with van der Waals surface area (Å²) in [6.45, 7) is 10.3. The summed E-state index contributed by atoms with van der Waals surface area (Å²) in [5.74, 6) is 0.734. The number of rotatable bonds is 3. The van der Waals surface area contributed by atoms with Crippen LogP contribution in [0, 0.1) is 5.41 Å². The first-order chi connectivity index (χ1) is 9.04. The molecule has 0 saturated heterocycles. The minimum Gasteiger partial charge on any atom is -0.598 e. The maximum Gasteiger partial charge on any atom is 0.152 e. The van der Waals surface area contributed by atoms with Crippen LogP contribution >= 0.6 is 15.9 Å². The lowest BCUT2D eigenvalue weighted by Gasteiger charge is -2.52. The number of hydrogen-bond acceptors (Lipinski definition) is 4. The molecule has 1 N–H and O–H groups in total. The maximum atomic E-state index is 12.5. The smallest absolute Gasteiger partial charge is 0.152 e. The molecule has 4 nitrogen and oxygen atoms in total. The van der Waals surface area contributed by atoms with Crippen molar-refractivity contribution < 1.29 is 4.55 Å². The summed E-state index contributed by atoms with van der Waals surface area (Å²) in [7, 11) is 0. The predicted octanol–water partition coefficient (Wildman–Crippen LogP) is 3.31. The number of aromatic nitrogens is 2. The van der Waals surface area contributed by atoms with Gasteiger partial charge in [-0.15, -0.1) is 4.72 Å². The van der Waals surface area contributed by atoms with Crippen molar-refractivity contribution in [2.24, 2.45) is 5.41 Å². The molecule has 1 heterocycles. The van der Waals surface area contributed by atoms with E-state index in [1.807, 2.05) is 20.8 Å². The largest absolute Gasteiger partial charge is 0.598 e. The number of nitrogens with one attached hydrogen (secondary N) is 1. The zero-order valence-electron chi connectivity index (χ0n) is 12.7. The predicted molar refractivity (Wildman–Crippen MR) is 85.5 cm³/mol. The highest BCUT2D eigenvalue weighted by molar-refractivity contribution is 9.10. The van der Waals surface area contributed by atoms with Gasteiger partial charge in [0.25, 0.3) is 0 Å². The van der Waals surface area contributed by atoms with Gasteiger partial charge in [-0.05, 0) is 55.0 Å². The molecule has 2 rings (SSSR count). The molecular weight excluding hydrogens is 338 g/mol. The van der Waals surface area contributed by atoms with Gasteiger partial charge in [-0.25, -0.2) is 9.97 Å². The Morgan fingerprint density at radius 3 is 2.15 bits per heavy atom. The van der Waals surface area contributed by atoms with E-state index in [1.54, 1.807) is 12.4 Å². The third-order valence-corrected chi connectivity index (χ3v) is 5.55. The molecule has 0 radical (unpaired) electrons. The molecule has 0 aromatic carbocycles. The van der Waals surface area contributed by atoms with Gasteiger partial charge in [0.2, 0.25) is 0 Å². The molecule has 1 atom stereocenters. The van der Waals surface area contributed by atoms with Crippen molar-refractivity contribution in [3.05, 3.63) is 22.7 Å². The Morgan fingerprint density at radius 1 is 1.25 bits per heavy atom. The normalized spacial score (nSPS) is 22.1. The minimum absolute atomic E-state index is 0.228. The summed E-state index contributed by atoms with van der Waals surface area (Å²) in [6, 6.07) is 0. The first-order valence-electron chi connectivity index (χ1n) is 6.72. The fraction of sp³-hybridized carbons (Fsp3) is 0.714. The lowest BCUT2D eigenvalue weighted by Crippen LogP contribution is -2.61. The molecule has 6 heteroatoms. The van der Waals surface area contributed by atoms with Crippen molar-refractivity contribution in [2.45, 2.75) is 57.7 Å². The van der Waals surface area contributed by atoms with E-state index >= 15 is 0 Å². The molecule has 0 bridgehead atoms. The highest BCUT2D eigenvalue weighted by Crippen LogP contribution is 2.53. The van der Waals surface area contributed by atoms with Crippen molar-refractivity contribution in [1.82, 2.24) is 14.7 Å². The summed E-state index contributed by atoms with van der Waals surface area (Å²) < 4.78 is 16.3. The molecule has 1 saturated carbocycles. The number of halogens is 1. The van der Waals surface area contributed by atoms with Gasteiger partial charge in [-0.2, -0.15) is 0 Å². The Balaban J connectivity index is 2.26. The van der Waals surface area contributed by atoms with E-state index in [1.165, 1.54) is 0 Å². The van der Waals surface area contributed by atoms with Gasteiger partial charge in [0, 0.05) is 23.8 Å². The molecule has 1 aromatic heterocycles. The van der Waals surface area contributed by atoms with E-state index in [0.717, 1.165) is 23.1 Å². The molecule has 1 aliphatic rings. The summed E-state index contributed by atoms with van der Waals surface area (Å²) in [5.41, 5.74) is -0.145. The van der Waals surface area contributed by atoms with Crippen LogP contribution < -0.4 is 4.72 Å². The van der Waals surface area contributed by atoms with Crippen LogP contribution in [0.4, 0.5) is 0 Å². The van der Waals surface area contributed by atoms with Crippen LogP contribution in [0.3, 0.4) is 0 Å². The van der Waals surface area contributed by atoms with Crippen molar-refractivity contribution in [2.75, 3.05) is 0 Å². The van der Waals surface area contributed by atoms with Crippen LogP contribution in [0.1, 0.15) is 53.3 Å². The standard InChI is InChI=1S/C14H22BrN3OS/c1-12(2,3)20(19)18-14(8-13(4,5)9-14)11-16-6-10(15)7-17-11/h6-7,18H,8-9H2,1-5H3. The van der Waals surface area contributed by atoms with Crippen LogP contribution in [0.2, 0.25) is 0 Å². The lowest BCUT2D eigenvalue weighted by molar-refractivity contribution is 0.0400. The van der Waals surface area contributed by atoms with Crippen molar-refractivity contribution in [1.29, 1.82) is 0 Å². The topological polar surface area (TPSA) is 60.9 Å². The highest BCUT2D eigenvalue weighted by Gasteiger charge is 2.56. The highest BCUT2D eigenvalue weighted by atomic mass is 79.9. The average molecular weight is 360 g/mol. The molecule has 20 heavy (non-hydrogen) atoms. The fourth-order valence-corrected chi connectivity index (χ4v) is 3.85. The Bertz CT molecular complexity index is 476. The van der Waals surface area contributed by atoms with E-state index in [9.17, 15) is 4.55 Å². The van der Waals surface area contributed by atoms with Gasteiger partial charge in [0.15, 0.2) is 5.82 Å². The molecule has 0 aliphatic heterocycles. The van der Waals surface area contributed by atoms with Crippen LogP contribution in [0.15, 0.2) is 16.9 Å². The second kappa shape index (κ2) is 5.23. The third kappa shape index (κ3) is 3.35. The lowest BCUT2D eigenvalue weighted by atomic mass is 9.59. The summed E-state index contributed by atoms with van der Waals surface area (Å²) in [4.78, 5) is 8.84. The summed E-state index contributed by atoms with van der Waals surface area (Å²) in [5, 5.41) is 0. The minimum atomic E-state index is -1.14. The molecular formula is C14H22BrN3OS. The van der Waals surface area contributed by atoms with Gasteiger partial charge >= 0.3 is 0 Å². The van der Waals surface area contributed by atoms with Gasteiger partial charge in [-0.1, -0.05) is 13.8 Å². The Morgan fingerprint density at radius 2 is 1.75 bits per heavy atom. The molecule has 1 fully saturated rings. The van der Waals surface area contributed by atoms with E-state index < -0.39 is 11.4 Å². The van der Waals surface area contributed by atoms with Gasteiger partial charge in [-0.3, -0.25) is 0 Å². The van der Waals surface area contributed by atoms with Crippen molar-refractivity contribution in [3.8, 4) is 0 Å². The third-order valence-electron chi connectivity index (χ3n) is 3.45. The fourth-order valence-electron chi connectivity index (χ4n) is 2.75. The maximum absolute atomic E-state index is 12.5. The Labute approximate surface area is 132 Å². The SMILES string of the molecule is CC1(C)CC(N[S+]([O-])C(C)(C)C)(c2ncc(Br)cn2)C1. The van der Waals surface area contributed by atoms with Crippen LogP contribution in [0.5, 0.6) is 0 Å². The average Bonchev–Trinajstić information content (AvgIpc) is 2.25. The van der Waals surface area contributed by atoms with Crippen LogP contribution in [0.25, 0.3) is 0 Å².